The first kappa shape index (κ1) is 12.6. The maximum Gasteiger partial charge on any atom is 0.254 e. The second-order valence-electron chi connectivity index (χ2n) is 5.01. The quantitative estimate of drug-likeness (QED) is 0.854. The van der Waals surface area contributed by atoms with Crippen LogP contribution in [0.1, 0.15) is 29.6 Å². The van der Waals surface area contributed by atoms with E-state index in [2.05, 4.69) is 11.1 Å². The molecule has 0 bridgehead atoms. The summed E-state index contributed by atoms with van der Waals surface area (Å²) in [4.78, 5) is 18.9. The minimum Gasteiger partial charge on any atom is -0.335 e. The molecule has 0 aliphatic heterocycles. The number of fused-ring (bicyclic) bond motifs is 1. The van der Waals surface area contributed by atoms with Crippen LogP contribution in [0.2, 0.25) is 0 Å². The molecule has 0 atom stereocenters. The Labute approximate surface area is 117 Å². The van der Waals surface area contributed by atoms with Gasteiger partial charge >= 0.3 is 0 Å². The van der Waals surface area contributed by atoms with Crippen molar-refractivity contribution in [3.63, 3.8) is 0 Å². The third-order valence-electron chi connectivity index (χ3n) is 3.59. The van der Waals surface area contributed by atoms with E-state index in [0.29, 0.717) is 24.6 Å². The fourth-order valence-corrected chi connectivity index (χ4v) is 2.44. The molecule has 1 aliphatic rings. The molecule has 100 valence electrons. The van der Waals surface area contributed by atoms with Gasteiger partial charge in [0.1, 0.15) is 0 Å². The van der Waals surface area contributed by atoms with Gasteiger partial charge in [0.05, 0.1) is 23.6 Å². The third-order valence-corrected chi connectivity index (χ3v) is 3.59. The fourth-order valence-electron chi connectivity index (χ4n) is 2.44. The molecule has 0 saturated heterocycles. The van der Waals surface area contributed by atoms with Crippen LogP contribution in [0.4, 0.5) is 0 Å². The number of pyridine rings is 1. The van der Waals surface area contributed by atoms with Gasteiger partial charge in [-0.2, -0.15) is 5.26 Å². The van der Waals surface area contributed by atoms with E-state index in [1.807, 2.05) is 29.2 Å². The van der Waals surface area contributed by atoms with Crippen LogP contribution in [-0.2, 0) is 0 Å². The van der Waals surface area contributed by atoms with Crippen LogP contribution in [0.15, 0.2) is 36.5 Å². The minimum absolute atomic E-state index is 0.0151. The smallest absolute Gasteiger partial charge is 0.254 e. The highest BCUT2D eigenvalue weighted by atomic mass is 16.2. The molecule has 1 aromatic heterocycles. The Kier molecular flexibility index (Phi) is 3.34. The first-order chi connectivity index (χ1) is 9.81. The second-order valence-corrected chi connectivity index (χ2v) is 5.01. The fraction of sp³-hybridized carbons (Fsp3) is 0.312. The number of nitrogens with zero attached hydrogens (tertiary/aromatic N) is 3. The Morgan fingerprint density at radius 1 is 1.35 bits per heavy atom. The number of carbonyl (C=O) groups is 1. The van der Waals surface area contributed by atoms with Gasteiger partial charge in [-0.05, 0) is 25.0 Å². The Balaban J connectivity index is 1.96. The number of para-hydroxylation sites is 1. The number of aromatic nitrogens is 1. The Morgan fingerprint density at radius 2 is 2.15 bits per heavy atom. The van der Waals surface area contributed by atoms with Crippen molar-refractivity contribution in [2.24, 2.45) is 0 Å². The van der Waals surface area contributed by atoms with E-state index < -0.39 is 0 Å². The van der Waals surface area contributed by atoms with Gasteiger partial charge in [-0.1, -0.05) is 18.2 Å². The molecule has 0 N–H and O–H groups in total. The molecular formula is C16H15N3O. The van der Waals surface area contributed by atoms with Crippen molar-refractivity contribution in [3.8, 4) is 6.07 Å². The van der Waals surface area contributed by atoms with Crippen LogP contribution in [0.5, 0.6) is 0 Å². The van der Waals surface area contributed by atoms with Gasteiger partial charge < -0.3 is 4.90 Å². The topological polar surface area (TPSA) is 57.0 Å². The van der Waals surface area contributed by atoms with Crippen molar-refractivity contribution in [2.75, 3.05) is 6.54 Å². The number of amides is 1. The summed E-state index contributed by atoms with van der Waals surface area (Å²) in [5.41, 5.74) is 1.51. The van der Waals surface area contributed by atoms with E-state index in [1.165, 1.54) is 0 Å². The Hall–Kier alpha value is -2.41. The zero-order valence-electron chi connectivity index (χ0n) is 11.1. The minimum atomic E-state index is 0.0151. The Bertz CT molecular complexity index is 680. The van der Waals surface area contributed by atoms with Gasteiger partial charge in [0.2, 0.25) is 0 Å². The van der Waals surface area contributed by atoms with E-state index in [1.54, 1.807) is 12.3 Å². The predicted octanol–water partition coefficient (Wildman–Crippen LogP) is 2.75. The first-order valence-corrected chi connectivity index (χ1v) is 6.83. The van der Waals surface area contributed by atoms with Crippen LogP contribution < -0.4 is 0 Å². The van der Waals surface area contributed by atoms with Crippen LogP contribution in [0.25, 0.3) is 10.9 Å². The average Bonchev–Trinajstić information content (AvgIpc) is 3.31. The van der Waals surface area contributed by atoms with E-state index in [-0.39, 0.29) is 5.91 Å². The molecule has 3 rings (SSSR count). The zero-order chi connectivity index (χ0) is 13.9. The first-order valence-electron chi connectivity index (χ1n) is 6.83. The molecular weight excluding hydrogens is 250 g/mol. The lowest BCUT2D eigenvalue weighted by molar-refractivity contribution is 0.0749. The molecule has 2 aromatic rings. The summed E-state index contributed by atoms with van der Waals surface area (Å²) >= 11 is 0. The average molecular weight is 265 g/mol. The van der Waals surface area contributed by atoms with Crippen LogP contribution in [-0.4, -0.2) is 28.4 Å². The van der Waals surface area contributed by atoms with Crippen molar-refractivity contribution in [1.82, 2.24) is 9.88 Å². The lowest BCUT2D eigenvalue weighted by Gasteiger charge is -2.21. The summed E-state index contributed by atoms with van der Waals surface area (Å²) in [6.07, 6.45) is 4.14. The SMILES string of the molecule is N#CCCN(C(=O)c1ccnc2ccccc12)C1CC1. The number of hydrogen-bond donors (Lipinski definition) is 0. The third kappa shape index (κ3) is 2.35. The standard InChI is InChI=1S/C16H15N3O/c17-9-3-11-19(12-6-7-12)16(20)14-8-10-18-15-5-2-1-4-13(14)15/h1-2,4-5,8,10,12H,3,6-7,11H2. The van der Waals surface area contributed by atoms with Gasteiger partial charge in [-0.15, -0.1) is 0 Å². The molecule has 20 heavy (non-hydrogen) atoms. The van der Waals surface area contributed by atoms with E-state index >= 15 is 0 Å². The van der Waals surface area contributed by atoms with Gasteiger partial charge in [0.25, 0.3) is 5.91 Å². The van der Waals surface area contributed by atoms with Crippen LogP contribution in [0.3, 0.4) is 0 Å². The van der Waals surface area contributed by atoms with Crippen molar-refractivity contribution in [1.29, 1.82) is 5.26 Å². The van der Waals surface area contributed by atoms with Gasteiger partial charge in [-0.25, -0.2) is 0 Å². The molecule has 1 amide bonds. The lowest BCUT2D eigenvalue weighted by Crippen LogP contribution is -2.34. The summed E-state index contributed by atoms with van der Waals surface area (Å²) in [5.74, 6) is 0.0151. The van der Waals surface area contributed by atoms with E-state index in [4.69, 9.17) is 5.26 Å². The monoisotopic (exact) mass is 265 g/mol. The largest absolute Gasteiger partial charge is 0.335 e. The Morgan fingerprint density at radius 3 is 2.90 bits per heavy atom. The van der Waals surface area contributed by atoms with Crippen LogP contribution >= 0.6 is 0 Å². The molecule has 1 fully saturated rings. The number of hydrogen-bond acceptors (Lipinski definition) is 3. The molecule has 4 nitrogen and oxygen atoms in total. The lowest BCUT2D eigenvalue weighted by atomic mass is 10.1. The number of rotatable bonds is 4. The van der Waals surface area contributed by atoms with Gasteiger partial charge in [0, 0.05) is 24.2 Å². The van der Waals surface area contributed by atoms with E-state index in [9.17, 15) is 4.79 Å². The summed E-state index contributed by atoms with van der Waals surface area (Å²) in [5, 5.41) is 9.62. The molecule has 4 heteroatoms. The number of benzene rings is 1. The molecule has 1 saturated carbocycles. The maximum absolute atomic E-state index is 12.7. The molecule has 0 radical (unpaired) electrons. The normalized spacial score (nSPS) is 13.9. The van der Waals surface area contributed by atoms with Gasteiger partial charge in [-0.3, -0.25) is 9.78 Å². The number of nitriles is 1. The highest BCUT2D eigenvalue weighted by Gasteiger charge is 2.33. The molecule has 1 heterocycles. The molecule has 0 spiro atoms. The van der Waals surface area contributed by atoms with Crippen molar-refractivity contribution in [2.45, 2.75) is 25.3 Å². The van der Waals surface area contributed by atoms with E-state index in [0.717, 1.165) is 23.7 Å². The summed E-state index contributed by atoms with van der Waals surface area (Å²) in [6.45, 7) is 0.511. The van der Waals surface area contributed by atoms with Crippen LogP contribution in [0, 0.1) is 11.3 Å². The molecule has 1 aliphatic carbocycles. The van der Waals surface area contributed by atoms with Gasteiger partial charge in [0.15, 0.2) is 0 Å². The highest BCUT2D eigenvalue weighted by Crippen LogP contribution is 2.29. The van der Waals surface area contributed by atoms with Crippen molar-refractivity contribution >= 4 is 16.8 Å². The molecule has 1 aromatic carbocycles. The summed E-state index contributed by atoms with van der Waals surface area (Å²) in [6, 6.07) is 11.9. The molecule has 0 unspecified atom stereocenters. The number of carbonyl (C=O) groups excluding carboxylic acids is 1. The predicted molar refractivity (Wildman–Crippen MR) is 76.0 cm³/mol. The zero-order valence-corrected chi connectivity index (χ0v) is 11.1. The summed E-state index contributed by atoms with van der Waals surface area (Å²) in [7, 11) is 0. The maximum atomic E-state index is 12.7. The van der Waals surface area contributed by atoms with Crippen molar-refractivity contribution in [3.05, 3.63) is 42.1 Å². The van der Waals surface area contributed by atoms with Crippen molar-refractivity contribution < 1.29 is 4.79 Å². The second kappa shape index (κ2) is 5.30. The highest BCUT2D eigenvalue weighted by molar-refractivity contribution is 6.06. The summed E-state index contributed by atoms with van der Waals surface area (Å²) < 4.78 is 0.